The molecule has 3 rings (SSSR count). The van der Waals surface area contributed by atoms with Gasteiger partial charge in [0.1, 0.15) is 0 Å². The van der Waals surface area contributed by atoms with E-state index in [1.807, 2.05) is 12.1 Å². The molecule has 1 aliphatic heterocycles. The number of hydrogen-bond acceptors (Lipinski definition) is 2. The molecule has 0 aliphatic carbocycles. The van der Waals surface area contributed by atoms with Gasteiger partial charge in [0.15, 0.2) is 0 Å². The zero-order valence-electron chi connectivity index (χ0n) is 10.3. The summed E-state index contributed by atoms with van der Waals surface area (Å²) in [5, 5.41) is 0.633. The van der Waals surface area contributed by atoms with Crippen molar-refractivity contribution >= 4 is 33.4 Å². The van der Waals surface area contributed by atoms with Crippen LogP contribution in [-0.4, -0.2) is 14.1 Å². The molecule has 0 bridgehead atoms. The van der Waals surface area contributed by atoms with E-state index in [-0.39, 0.29) is 4.90 Å². The van der Waals surface area contributed by atoms with E-state index in [1.54, 1.807) is 48.6 Å². The minimum Gasteiger partial charge on any atom is -0.199 e. The first-order chi connectivity index (χ1) is 9.56. The molecular formula is C15H10ClNO2S. The van der Waals surface area contributed by atoms with Gasteiger partial charge in [-0.1, -0.05) is 48.0 Å². The monoisotopic (exact) mass is 303 g/mol. The Balaban J connectivity index is 2.01. The van der Waals surface area contributed by atoms with E-state index >= 15 is 0 Å². The molecule has 0 fully saturated rings. The summed E-state index contributed by atoms with van der Waals surface area (Å²) in [6.07, 6.45) is 3.48. The van der Waals surface area contributed by atoms with E-state index in [2.05, 4.69) is 4.40 Å². The quantitative estimate of drug-likeness (QED) is 0.852. The van der Waals surface area contributed by atoms with Crippen LogP contribution in [0, 0.1) is 0 Å². The Morgan fingerprint density at radius 3 is 2.60 bits per heavy atom. The van der Waals surface area contributed by atoms with Gasteiger partial charge < -0.3 is 0 Å². The highest BCUT2D eigenvalue weighted by Crippen LogP contribution is 2.26. The summed E-state index contributed by atoms with van der Waals surface area (Å²) in [4.78, 5) is 0.255. The number of hydrogen-bond donors (Lipinski definition) is 0. The van der Waals surface area contributed by atoms with Crippen molar-refractivity contribution in [3.8, 4) is 0 Å². The lowest BCUT2D eigenvalue weighted by molar-refractivity contribution is 0.599. The molecule has 0 aromatic heterocycles. The number of fused-ring (bicyclic) bond motifs is 1. The number of benzene rings is 2. The Labute approximate surface area is 122 Å². The molecule has 2 aromatic rings. The number of allylic oxidation sites excluding steroid dienone is 1. The number of rotatable bonds is 2. The van der Waals surface area contributed by atoms with Gasteiger partial charge in [-0.25, -0.2) is 0 Å². The lowest BCUT2D eigenvalue weighted by Crippen LogP contribution is -1.93. The Morgan fingerprint density at radius 2 is 1.80 bits per heavy atom. The molecule has 0 amide bonds. The summed E-state index contributed by atoms with van der Waals surface area (Å²) < 4.78 is 27.6. The second kappa shape index (κ2) is 4.89. The fourth-order valence-corrected chi connectivity index (χ4v) is 3.45. The molecule has 0 atom stereocenters. The van der Waals surface area contributed by atoms with E-state index in [0.717, 1.165) is 5.56 Å². The van der Waals surface area contributed by atoms with Gasteiger partial charge in [-0.3, -0.25) is 0 Å². The van der Waals surface area contributed by atoms with Crippen molar-refractivity contribution in [2.75, 3.05) is 0 Å². The van der Waals surface area contributed by atoms with Crippen LogP contribution in [-0.2, 0) is 10.0 Å². The molecule has 100 valence electrons. The van der Waals surface area contributed by atoms with E-state index in [9.17, 15) is 8.42 Å². The smallest absolute Gasteiger partial charge is 0.199 e. The molecule has 0 saturated heterocycles. The average Bonchev–Trinajstić information content (AvgIpc) is 2.69. The summed E-state index contributed by atoms with van der Waals surface area (Å²) in [5.41, 5.74) is 1.97. The van der Waals surface area contributed by atoms with Crippen LogP contribution in [0.3, 0.4) is 0 Å². The third-order valence-electron chi connectivity index (χ3n) is 2.94. The third-order valence-corrected chi connectivity index (χ3v) is 4.53. The van der Waals surface area contributed by atoms with Gasteiger partial charge in [0.25, 0.3) is 10.0 Å². The SMILES string of the molecule is O=S1(=O)N=C(/C=C\c2cccc(Cl)c2)c2ccccc21. The summed E-state index contributed by atoms with van der Waals surface area (Å²) in [5.74, 6) is 0. The van der Waals surface area contributed by atoms with Gasteiger partial charge in [0, 0.05) is 10.6 Å². The van der Waals surface area contributed by atoms with Gasteiger partial charge in [-0.15, -0.1) is 0 Å². The van der Waals surface area contributed by atoms with Crippen LogP contribution in [0.1, 0.15) is 11.1 Å². The summed E-state index contributed by atoms with van der Waals surface area (Å²) in [6.45, 7) is 0. The highest BCUT2D eigenvalue weighted by atomic mass is 35.5. The number of halogens is 1. The van der Waals surface area contributed by atoms with Gasteiger partial charge in [-0.05, 0) is 29.8 Å². The first-order valence-electron chi connectivity index (χ1n) is 5.94. The predicted octanol–water partition coefficient (Wildman–Crippen LogP) is 3.54. The van der Waals surface area contributed by atoms with Crippen LogP contribution in [0.2, 0.25) is 5.02 Å². The molecule has 0 spiro atoms. The first kappa shape index (κ1) is 13.1. The van der Waals surface area contributed by atoms with Crippen molar-refractivity contribution in [2.45, 2.75) is 4.90 Å². The van der Waals surface area contributed by atoms with Crippen molar-refractivity contribution < 1.29 is 8.42 Å². The van der Waals surface area contributed by atoms with Crippen molar-refractivity contribution in [1.82, 2.24) is 0 Å². The molecule has 0 saturated carbocycles. The maximum atomic E-state index is 11.9. The molecule has 5 heteroatoms. The van der Waals surface area contributed by atoms with Crippen LogP contribution < -0.4 is 0 Å². The lowest BCUT2D eigenvalue weighted by atomic mass is 10.1. The van der Waals surface area contributed by atoms with Gasteiger partial charge in [0.05, 0.1) is 10.6 Å². The Hall–Kier alpha value is -1.91. The summed E-state index contributed by atoms with van der Waals surface area (Å²) in [6, 6.07) is 14.1. The Bertz CT molecular complexity index is 838. The lowest BCUT2D eigenvalue weighted by Gasteiger charge is -1.97. The zero-order chi connectivity index (χ0) is 14.2. The van der Waals surface area contributed by atoms with Gasteiger partial charge >= 0.3 is 0 Å². The molecule has 0 unspecified atom stereocenters. The average molecular weight is 304 g/mol. The summed E-state index contributed by atoms with van der Waals surface area (Å²) in [7, 11) is -3.56. The minimum absolute atomic E-state index is 0.255. The Morgan fingerprint density at radius 1 is 1.00 bits per heavy atom. The molecule has 1 aliphatic rings. The van der Waals surface area contributed by atoms with Crippen LogP contribution in [0.25, 0.3) is 6.08 Å². The topological polar surface area (TPSA) is 46.5 Å². The van der Waals surface area contributed by atoms with Crippen LogP contribution >= 0.6 is 11.6 Å². The molecule has 0 N–H and O–H groups in total. The minimum atomic E-state index is -3.56. The first-order valence-corrected chi connectivity index (χ1v) is 7.76. The maximum absolute atomic E-state index is 11.9. The van der Waals surface area contributed by atoms with E-state index in [0.29, 0.717) is 16.3 Å². The predicted molar refractivity (Wildman–Crippen MR) is 80.7 cm³/mol. The van der Waals surface area contributed by atoms with Crippen LogP contribution in [0.4, 0.5) is 0 Å². The van der Waals surface area contributed by atoms with Crippen molar-refractivity contribution in [3.63, 3.8) is 0 Å². The second-order valence-electron chi connectivity index (χ2n) is 4.34. The van der Waals surface area contributed by atoms with Crippen molar-refractivity contribution in [2.24, 2.45) is 4.40 Å². The van der Waals surface area contributed by atoms with Gasteiger partial charge in [0.2, 0.25) is 0 Å². The molecule has 3 nitrogen and oxygen atoms in total. The molecule has 2 aromatic carbocycles. The highest BCUT2D eigenvalue weighted by Gasteiger charge is 2.26. The standard InChI is InChI=1S/C15H10ClNO2S/c16-12-5-3-4-11(10-12)8-9-14-13-6-1-2-7-15(13)20(18,19)17-14/h1-10H/b9-8-. The molecule has 1 heterocycles. The fourth-order valence-electron chi connectivity index (χ4n) is 2.04. The maximum Gasteiger partial charge on any atom is 0.283 e. The molecule has 0 radical (unpaired) electrons. The number of nitrogens with zero attached hydrogens (tertiary/aromatic N) is 1. The highest BCUT2D eigenvalue weighted by molar-refractivity contribution is 7.90. The largest absolute Gasteiger partial charge is 0.283 e. The van der Waals surface area contributed by atoms with E-state index in [4.69, 9.17) is 11.6 Å². The van der Waals surface area contributed by atoms with Crippen molar-refractivity contribution in [1.29, 1.82) is 0 Å². The molecular weight excluding hydrogens is 294 g/mol. The molecule has 20 heavy (non-hydrogen) atoms. The third kappa shape index (κ3) is 2.40. The Kier molecular flexibility index (Phi) is 3.20. The number of sulfonamides is 1. The fraction of sp³-hybridized carbons (Fsp3) is 0. The summed E-state index contributed by atoms with van der Waals surface area (Å²) >= 11 is 5.91. The second-order valence-corrected chi connectivity index (χ2v) is 6.35. The van der Waals surface area contributed by atoms with E-state index in [1.165, 1.54) is 0 Å². The van der Waals surface area contributed by atoms with E-state index < -0.39 is 10.0 Å². The van der Waals surface area contributed by atoms with Crippen molar-refractivity contribution in [3.05, 3.63) is 70.8 Å². The normalized spacial score (nSPS) is 16.1. The zero-order valence-corrected chi connectivity index (χ0v) is 11.9. The van der Waals surface area contributed by atoms with Crippen LogP contribution in [0.15, 0.2) is 63.9 Å². The van der Waals surface area contributed by atoms with Crippen LogP contribution in [0.5, 0.6) is 0 Å². The van der Waals surface area contributed by atoms with Gasteiger partial charge in [-0.2, -0.15) is 12.8 Å².